The zero-order valence-electron chi connectivity index (χ0n) is 15.1. The molecule has 0 radical (unpaired) electrons. The predicted octanol–water partition coefficient (Wildman–Crippen LogP) is 4.71. The molecule has 23 heavy (non-hydrogen) atoms. The molecule has 1 heterocycles. The Hall–Kier alpha value is 0.350. The lowest BCUT2D eigenvalue weighted by molar-refractivity contribution is -0.335. The Balaban J connectivity index is 2.10. The van der Waals surface area contributed by atoms with Crippen LogP contribution in [0.1, 0.15) is 59.8 Å². The molecule has 0 aromatic carbocycles. The van der Waals surface area contributed by atoms with Crippen LogP contribution in [0.4, 0.5) is 0 Å². The van der Waals surface area contributed by atoms with E-state index in [2.05, 4.69) is 43.0 Å². The van der Waals surface area contributed by atoms with E-state index < -0.39 is 11.9 Å². The van der Waals surface area contributed by atoms with Crippen molar-refractivity contribution < 1.29 is 14.6 Å². The van der Waals surface area contributed by atoms with Crippen LogP contribution < -0.4 is 0 Å². The van der Waals surface area contributed by atoms with Crippen LogP contribution in [0.2, 0.25) is 0 Å². The van der Waals surface area contributed by atoms with E-state index in [-0.39, 0.29) is 11.5 Å². The molecule has 1 unspecified atom stereocenters. The number of ether oxygens (including phenoxy) is 2. The number of halogens is 1. The van der Waals surface area contributed by atoms with Crippen LogP contribution in [0.5, 0.6) is 0 Å². The van der Waals surface area contributed by atoms with Crippen LogP contribution in [0.25, 0.3) is 0 Å². The first-order chi connectivity index (χ1) is 10.7. The Morgan fingerprint density at radius 1 is 1.35 bits per heavy atom. The average Bonchev–Trinajstić information content (AvgIpc) is 2.46. The summed E-state index contributed by atoms with van der Waals surface area (Å²) >= 11 is 2.53. The van der Waals surface area contributed by atoms with Crippen LogP contribution >= 0.6 is 22.6 Å². The van der Waals surface area contributed by atoms with Crippen LogP contribution in [0.3, 0.4) is 0 Å². The van der Waals surface area contributed by atoms with Crippen molar-refractivity contribution in [1.29, 1.82) is 0 Å². The maximum absolute atomic E-state index is 10.5. The maximum Gasteiger partial charge on any atom is 0.172 e. The van der Waals surface area contributed by atoms with Gasteiger partial charge >= 0.3 is 0 Å². The molecular formula is C19H33IO3. The van der Waals surface area contributed by atoms with E-state index >= 15 is 0 Å². The van der Waals surface area contributed by atoms with E-state index in [0.29, 0.717) is 22.2 Å². The van der Waals surface area contributed by atoms with Crippen LogP contribution in [0, 0.1) is 17.3 Å². The monoisotopic (exact) mass is 436 g/mol. The van der Waals surface area contributed by atoms with Gasteiger partial charge in [0, 0.05) is 28.1 Å². The Morgan fingerprint density at radius 2 is 2.04 bits per heavy atom. The van der Waals surface area contributed by atoms with Gasteiger partial charge < -0.3 is 14.6 Å². The smallest absolute Gasteiger partial charge is 0.172 e. The lowest BCUT2D eigenvalue weighted by Gasteiger charge is -2.51. The number of rotatable bonds is 5. The molecule has 2 aliphatic rings. The molecule has 1 saturated heterocycles. The van der Waals surface area contributed by atoms with Crippen molar-refractivity contribution in [3.63, 3.8) is 0 Å². The lowest BCUT2D eigenvalue weighted by atomic mass is 9.75. The second kappa shape index (κ2) is 7.71. The van der Waals surface area contributed by atoms with Crippen LogP contribution in [-0.4, -0.2) is 33.6 Å². The third kappa shape index (κ3) is 4.50. The first kappa shape index (κ1) is 19.7. The summed E-state index contributed by atoms with van der Waals surface area (Å²) in [5.41, 5.74) is -0.287. The highest BCUT2D eigenvalue weighted by molar-refractivity contribution is 14.1. The average molecular weight is 436 g/mol. The third-order valence-electron chi connectivity index (χ3n) is 5.69. The SMILES string of the molecule is C=CC(C)(C)[C@@H](O)C[C@@H]1CCOC2(C[C@H](I)CC[C@H]2C(C)C)O1. The molecule has 0 amide bonds. The standard InChI is InChI=1S/C19H33IO3/c1-6-18(4,5)17(21)11-15-9-10-22-19(23-15)12-14(20)7-8-16(19)13(2)3/h6,13-17,21H,1,7-12H2,2-5H3/t14-,15+,16+,17+,19?/m1/s1. The van der Waals surface area contributed by atoms with Crippen LogP contribution in [0.15, 0.2) is 12.7 Å². The van der Waals surface area contributed by atoms with E-state index in [1.54, 1.807) is 0 Å². The minimum atomic E-state index is -0.445. The molecule has 2 rings (SSSR count). The van der Waals surface area contributed by atoms with Gasteiger partial charge in [0.15, 0.2) is 5.79 Å². The fourth-order valence-corrected chi connectivity index (χ4v) is 4.85. The fraction of sp³-hybridized carbons (Fsp3) is 0.895. The number of aliphatic hydroxyl groups excluding tert-OH is 1. The van der Waals surface area contributed by atoms with Gasteiger partial charge in [-0.3, -0.25) is 0 Å². The number of hydrogen-bond donors (Lipinski definition) is 1. The van der Waals surface area contributed by atoms with Crippen LogP contribution in [-0.2, 0) is 9.47 Å². The second-order valence-electron chi connectivity index (χ2n) is 8.20. The summed E-state index contributed by atoms with van der Waals surface area (Å²) in [6.07, 6.45) is 6.37. The summed E-state index contributed by atoms with van der Waals surface area (Å²) < 4.78 is 13.4. The van der Waals surface area contributed by atoms with Gasteiger partial charge in [-0.2, -0.15) is 0 Å². The zero-order valence-corrected chi connectivity index (χ0v) is 17.2. The predicted molar refractivity (Wildman–Crippen MR) is 103 cm³/mol. The highest BCUT2D eigenvalue weighted by atomic mass is 127. The Kier molecular flexibility index (Phi) is 6.59. The van der Waals surface area contributed by atoms with E-state index in [1.165, 1.54) is 12.8 Å². The lowest BCUT2D eigenvalue weighted by Crippen LogP contribution is -2.55. The number of alkyl halides is 1. The number of aliphatic hydroxyl groups is 1. The zero-order chi connectivity index (χ0) is 17.3. The highest BCUT2D eigenvalue weighted by Gasteiger charge is 2.50. The first-order valence-corrected chi connectivity index (χ1v) is 10.2. The normalized spacial score (nSPS) is 37.1. The molecule has 1 aliphatic heterocycles. The summed E-state index contributed by atoms with van der Waals surface area (Å²) in [6.45, 7) is 13.2. The molecule has 0 bridgehead atoms. The van der Waals surface area contributed by atoms with Crippen molar-refractivity contribution in [1.82, 2.24) is 0 Å². The summed E-state index contributed by atoms with van der Waals surface area (Å²) in [5, 5.41) is 10.5. The van der Waals surface area contributed by atoms with Crippen molar-refractivity contribution in [2.75, 3.05) is 6.61 Å². The van der Waals surface area contributed by atoms with E-state index in [0.717, 1.165) is 19.4 Å². The highest BCUT2D eigenvalue weighted by Crippen LogP contribution is 2.47. The van der Waals surface area contributed by atoms with Gasteiger partial charge in [-0.05, 0) is 25.2 Å². The molecule has 1 spiro atoms. The van der Waals surface area contributed by atoms with Crippen molar-refractivity contribution >= 4 is 22.6 Å². The molecule has 134 valence electrons. The Bertz CT molecular complexity index is 409. The van der Waals surface area contributed by atoms with Gasteiger partial charge in [-0.25, -0.2) is 0 Å². The minimum Gasteiger partial charge on any atom is -0.392 e. The molecular weight excluding hydrogens is 403 g/mol. The van der Waals surface area contributed by atoms with E-state index in [1.807, 2.05) is 19.9 Å². The van der Waals surface area contributed by atoms with E-state index in [9.17, 15) is 5.11 Å². The molecule has 4 heteroatoms. The largest absolute Gasteiger partial charge is 0.392 e. The molecule has 5 atom stereocenters. The molecule has 1 N–H and O–H groups in total. The molecule has 2 fully saturated rings. The second-order valence-corrected chi connectivity index (χ2v) is 9.96. The van der Waals surface area contributed by atoms with E-state index in [4.69, 9.17) is 9.47 Å². The maximum atomic E-state index is 10.5. The molecule has 1 aliphatic carbocycles. The summed E-state index contributed by atoms with van der Waals surface area (Å²) in [7, 11) is 0. The topological polar surface area (TPSA) is 38.7 Å². The summed E-state index contributed by atoms with van der Waals surface area (Å²) in [5.74, 6) is 0.548. The Labute approximate surface area is 155 Å². The molecule has 3 nitrogen and oxygen atoms in total. The van der Waals surface area contributed by atoms with Crippen molar-refractivity contribution in [3.8, 4) is 0 Å². The fourth-order valence-electron chi connectivity index (χ4n) is 3.88. The molecule has 0 aromatic rings. The van der Waals surface area contributed by atoms with Gasteiger partial charge in [0.05, 0.1) is 18.8 Å². The quantitative estimate of drug-likeness (QED) is 0.386. The molecule has 0 aromatic heterocycles. The van der Waals surface area contributed by atoms with Crippen molar-refractivity contribution in [3.05, 3.63) is 12.7 Å². The first-order valence-electron chi connectivity index (χ1n) is 8.97. The van der Waals surface area contributed by atoms with Gasteiger partial charge in [-0.15, -0.1) is 6.58 Å². The van der Waals surface area contributed by atoms with Crippen molar-refractivity contribution in [2.45, 2.75) is 81.7 Å². The summed E-state index contributed by atoms with van der Waals surface area (Å²) in [4.78, 5) is 0. The third-order valence-corrected chi connectivity index (χ3v) is 6.75. The summed E-state index contributed by atoms with van der Waals surface area (Å²) in [6, 6.07) is 0. The van der Waals surface area contributed by atoms with Gasteiger partial charge in [-0.1, -0.05) is 56.4 Å². The van der Waals surface area contributed by atoms with Gasteiger partial charge in [0.25, 0.3) is 0 Å². The number of hydrogen-bond acceptors (Lipinski definition) is 3. The Morgan fingerprint density at radius 3 is 2.65 bits per heavy atom. The molecule has 1 saturated carbocycles. The van der Waals surface area contributed by atoms with Gasteiger partial charge in [0.1, 0.15) is 0 Å². The van der Waals surface area contributed by atoms with Crippen molar-refractivity contribution in [2.24, 2.45) is 17.3 Å². The van der Waals surface area contributed by atoms with Gasteiger partial charge in [0.2, 0.25) is 0 Å². The minimum absolute atomic E-state index is 0.0703.